The number of primary amides is 1. The first kappa shape index (κ1) is 18.5. The second kappa shape index (κ2) is 7.67. The van der Waals surface area contributed by atoms with Crippen molar-refractivity contribution in [3.8, 4) is 11.5 Å². The molecule has 1 aromatic carbocycles. The third-order valence-electron chi connectivity index (χ3n) is 3.24. The van der Waals surface area contributed by atoms with Crippen LogP contribution in [0.15, 0.2) is 24.3 Å². The number of nitrogens with one attached hydrogen (secondary N) is 1. The van der Waals surface area contributed by atoms with E-state index >= 15 is 0 Å². The highest BCUT2D eigenvalue weighted by molar-refractivity contribution is 5.95. The first-order valence-electron chi connectivity index (χ1n) is 7.18. The first-order valence-corrected chi connectivity index (χ1v) is 7.18. The molecule has 0 aliphatic rings. The molecule has 126 valence electrons. The summed E-state index contributed by atoms with van der Waals surface area (Å²) in [6, 6.07) is 4.52. The van der Waals surface area contributed by atoms with Gasteiger partial charge in [0.15, 0.2) is 0 Å². The molecule has 6 nitrogen and oxygen atoms in total. The number of nitrogens with two attached hydrogens (primary N) is 1. The average Bonchev–Trinajstić information content (AvgIpc) is 2.48. The Balaban J connectivity index is 2.88. The van der Waals surface area contributed by atoms with Gasteiger partial charge in [0.2, 0.25) is 11.8 Å². The van der Waals surface area contributed by atoms with Gasteiger partial charge in [-0.2, -0.15) is 0 Å². The number of hydrogen-bond acceptors (Lipinski definition) is 4. The van der Waals surface area contributed by atoms with Crippen LogP contribution in [0.5, 0.6) is 11.5 Å². The molecule has 0 radical (unpaired) electrons. The second-order valence-electron chi connectivity index (χ2n) is 6.19. The third-order valence-corrected chi connectivity index (χ3v) is 3.24. The molecule has 23 heavy (non-hydrogen) atoms. The molecule has 1 rings (SSSR count). The Morgan fingerprint density at radius 3 is 2.04 bits per heavy atom. The van der Waals surface area contributed by atoms with E-state index in [1.165, 1.54) is 6.08 Å². The Hall–Kier alpha value is -2.50. The van der Waals surface area contributed by atoms with Gasteiger partial charge in [0.1, 0.15) is 17.5 Å². The van der Waals surface area contributed by atoms with Crippen LogP contribution < -0.4 is 20.5 Å². The average molecular weight is 320 g/mol. The topological polar surface area (TPSA) is 90.6 Å². The van der Waals surface area contributed by atoms with Crippen LogP contribution in [0, 0.1) is 5.41 Å². The highest BCUT2D eigenvalue weighted by atomic mass is 16.5. The van der Waals surface area contributed by atoms with Crippen molar-refractivity contribution in [3.63, 3.8) is 0 Å². The lowest BCUT2D eigenvalue weighted by molar-refractivity contribution is -0.127. The van der Waals surface area contributed by atoms with Crippen LogP contribution in [-0.4, -0.2) is 32.1 Å². The quantitative estimate of drug-likeness (QED) is 0.781. The Morgan fingerprint density at radius 2 is 1.65 bits per heavy atom. The van der Waals surface area contributed by atoms with E-state index in [1.807, 2.05) is 20.8 Å². The Morgan fingerprint density at radius 1 is 1.13 bits per heavy atom. The molecule has 0 saturated carbocycles. The smallest absolute Gasteiger partial charge is 0.244 e. The number of rotatable bonds is 6. The van der Waals surface area contributed by atoms with E-state index in [-0.39, 0.29) is 0 Å². The Kier molecular flexibility index (Phi) is 6.18. The van der Waals surface area contributed by atoms with Gasteiger partial charge in [0, 0.05) is 12.1 Å². The predicted octanol–water partition coefficient (Wildman–Crippen LogP) is 1.73. The largest absolute Gasteiger partial charge is 0.497 e. The van der Waals surface area contributed by atoms with Gasteiger partial charge in [-0.25, -0.2) is 0 Å². The van der Waals surface area contributed by atoms with Gasteiger partial charge in [-0.05, 0) is 29.2 Å². The normalized spacial score (nSPS) is 12.7. The minimum atomic E-state index is -0.750. The van der Waals surface area contributed by atoms with E-state index < -0.39 is 23.3 Å². The maximum absolute atomic E-state index is 12.0. The molecule has 1 atom stereocenters. The summed E-state index contributed by atoms with van der Waals surface area (Å²) in [7, 11) is 3.10. The van der Waals surface area contributed by atoms with Crippen LogP contribution in [-0.2, 0) is 9.59 Å². The van der Waals surface area contributed by atoms with Crippen molar-refractivity contribution in [3.05, 3.63) is 29.8 Å². The Bertz CT molecular complexity index is 581. The summed E-state index contributed by atoms with van der Waals surface area (Å²) >= 11 is 0. The number of hydrogen-bond donors (Lipinski definition) is 2. The predicted molar refractivity (Wildman–Crippen MR) is 89.2 cm³/mol. The van der Waals surface area contributed by atoms with Crippen molar-refractivity contribution in [2.24, 2.45) is 11.1 Å². The summed E-state index contributed by atoms with van der Waals surface area (Å²) in [5.74, 6) is 0.274. The van der Waals surface area contributed by atoms with Gasteiger partial charge in [0.25, 0.3) is 0 Å². The van der Waals surface area contributed by atoms with Crippen molar-refractivity contribution < 1.29 is 19.1 Å². The molecule has 0 bridgehead atoms. The fourth-order valence-electron chi connectivity index (χ4n) is 2.00. The van der Waals surface area contributed by atoms with Crippen molar-refractivity contribution in [1.29, 1.82) is 0 Å². The maximum Gasteiger partial charge on any atom is 0.244 e. The highest BCUT2D eigenvalue weighted by Crippen LogP contribution is 2.23. The van der Waals surface area contributed by atoms with E-state index in [0.717, 1.165) is 5.56 Å². The number of benzene rings is 1. The molecule has 0 unspecified atom stereocenters. The molecule has 0 heterocycles. The van der Waals surface area contributed by atoms with Gasteiger partial charge < -0.3 is 20.5 Å². The van der Waals surface area contributed by atoms with Gasteiger partial charge >= 0.3 is 0 Å². The molecule has 0 spiro atoms. The summed E-state index contributed by atoms with van der Waals surface area (Å²) < 4.78 is 10.3. The molecular weight excluding hydrogens is 296 g/mol. The molecule has 2 amide bonds. The SMILES string of the molecule is COc1cc(/C=C\C(=O)N[C@H](C(N)=O)C(C)(C)C)cc(OC)c1. The lowest BCUT2D eigenvalue weighted by Crippen LogP contribution is -2.51. The van der Waals surface area contributed by atoms with E-state index in [4.69, 9.17) is 15.2 Å². The van der Waals surface area contributed by atoms with Crippen LogP contribution in [0.1, 0.15) is 26.3 Å². The van der Waals surface area contributed by atoms with Gasteiger partial charge in [-0.15, -0.1) is 0 Å². The highest BCUT2D eigenvalue weighted by Gasteiger charge is 2.30. The van der Waals surface area contributed by atoms with Gasteiger partial charge in [-0.3, -0.25) is 9.59 Å². The standard InChI is InChI=1S/C17H24N2O4/c1-17(2,3)15(16(18)21)19-14(20)7-6-11-8-12(22-4)10-13(9-11)23-5/h6-10,15H,1-5H3,(H2,18,21)(H,19,20)/b7-6-/t15-/m1/s1. The van der Waals surface area contributed by atoms with E-state index in [1.54, 1.807) is 38.5 Å². The maximum atomic E-state index is 12.0. The van der Waals surface area contributed by atoms with Crippen LogP contribution in [0.2, 0.25) is 0 Å². The number of amides is 2. The number of ether oxygens (including phenoxy) is 2. The van der Waals surface area contributed by atoms with Crippen molar-refractivity contribution >= 4 is 17.9 Å². The van der Waals surface area contributed by atoms with E-state index in [0.29, 0.717) is 11.5 Å². The van der Waals surface area contributed by atoms with Crippen molar-refractivity contribution in [2.75, 3.05) is 14.2 Å². The number of carbonyl (C=O) groups excluding carboxylic acids is 2. The molecule has 0 aliphatic carbocycles. The van der Waals surface area contributed by atoms with Crippen molar-refractivity contribution in [1.82, 2.24) is 5.32 Å². The summed E-state index contributed by atoms with van der Waals surface area (Å²) in [5, 5.41) is 2.62. The van der Waals surface area contributed by atoms with Crippen LogP contribution in [0.4, 0.5) is 0 Å². The lowest BCUT2D eigenvalue weighted by atomic mass is 9.86. The molecule has 0 saturated heterocycles. The second-order valence-corrected chi connectivity index (χ2v) is 6.19. The monoisotopic (exact) mass is 320 g/mol. The zero-order valence-electron chi connectivity index (χ0n) is 14.2. The summed E-state index contributed by atoms with van der Waals surface area (Å²) in [6.07, 6.45) is 2.96. The first-order chi connectivity index (χ1) is 10.7. The fraction of sp³-hybridized carbons (Fsp3) is 0.412. The molecule has 0 fully saturated rings. The van der Waals surface area contributed by atoms with Crippen LogP contribution >= 0.6 is 0 Å². The summed E-state index contributed by atoms with van der Waals surface area (Å²) in [6.45, 7) is 5.50. The minimum Gasteiger partial charge on any atom is -0.497 e. The van der Waals surface area contributed by atoms with E-state index in [9.17, 15) is 9.59 Å². The lowest BCUT2D eigenvalue weighted by Gasteiger charge is -2.28. The zero-order valence-corrected chi connectivity index (χ0v) is 14.2. The van der Waals surface area contributed by atoms with Gasteiger partial charge in [-0.1, -0.05) is 20.8 Å². The molecular formula is C17H24N2O4. The molecule has 3 N–H and O–H groups in total. The van der Waals surface area contributed by atoms with Crippen LogP contribution in [0.3, 0.4) is 0 Å². The fourth-order valence-corrected chi connectivity index (χ4v) is 2.00. The third kappa shape index (κ3) is 5.65. The van der Waals surface area contributed by atoms with Gasteiger partial charge in [0.05, 0.1) is 14.2 Å². The minimum absolute atomic E-state index is 0.398. The molecule has 0 aliphatic heterocycles. The molecule has 1 aromatic rings. The number of carbonyl (C=O) groups is 2. The van der Waals surface area contributed by atoms with E-state index in [2.05, 4.69) is 5.32 Å². The molecule has 6 heteroatoms. The van der Waals surface area contributed by atoms with Crippen molar-refractivity contribution in [2.45, 2.75) is 26.8 Å². The van der Waals surface area contributed by atoms with Crippen LogP contribution in [0.25, 0.3) is 6.08 Å². The molecule has 0 aromatic heterocycles. The Labute approximate surface area is 136 Å². The number of methoxy groups -OCH3 is 2. The summed E-state index contributed by atoms with van der Waals surface area (Å²) in [4.78, 5) is 23.5. The zero-order chi connectivity index (χ0) is 17.6. The summed E-state index contributed by atoms with van der Waals surface area (Å²) in [5.41, 5.74) is 5.62.